The number of benzene rings is 1. The summed E-state index contributed by atoms with van der Waals surface area (Å²) in [6.07, 6.45) is 0.587. The van der Waals surface area contributed by atoms with E-state index in [1.807, 2.05) is 49.9 Å². The zero-order valence-electron chi connectivity index (χ0n) is 12.8. The number of aliphatic hydroxyl groups is 1. The Balaban J connectivity index is 0.00000400. The highest BCUT2D eigenvalue weighted by Crippen LogP contribution is 2.26. The van der Waals surface area contributed by atoms with Crippen LogP contribution in [-0.2, 0) is 5.60 Å². The molecular weight excluding hydrogens is 445 g/mol. The van der Waals surface area contributed by atoms with Gasteiger partial charge in [0.05, 0.1) is 6.54 Å². The maximum atomic E-state index is 10.8. The van der Waals surface area contributed by atoms with Crippen molar-refractivity contribution < 1.29 is 5.11 Å². The van der Waals surface area contributed by atoms with Crippen molar-refractivity contribution in [1.29, 1.82) is 0 Å². The van der Waals surface area contributed by atoms with Gasteiger partial charge in [0.15, 0.2) is 5.96 Å². The third-order valence-corrected chi connectivity index (χ3v) is 4.09. The van der Waals surface area contributed by atoms with Crippen molar-refractivity contribution in [3.63, 3.8) is 0 Å². The van der Waals surface area contributed by atoms with Gasteiger partial charge >= 0.3 is 0 Å². The van der Waals surface area contributed by atoms with Crippen LogP contribution < -0.4 is 5.73 Å². The van der Waals surface area contributed by atoms with Crippen LogP contribution in [0.25, 0.3) is 0 Å². The number of nitrogens with zero attached hydrogens (tertiary/aromatic N) is 2. The molecule has 0 fully saturated rings. The second-order valence-corrected chi connectivity index (χ2v) is 5.65. The van der Waals surface area contributed by atoms with Gasteiger partial charge in [0.1, 0.15) is 5.60 Å². The van der Waals surface area contributed by atoms with Gasteiger partial charge in [-0.1, -0.05) is 35.0 Å². The SMILES string of the molecule is CCN(CC)C(N)=NCC(O)(CC)c1ccc(Br)cc1.I. The minimum absolute atomic E-state index is 0. The van der Waals surface area contributed by atoms with E-state index in [4.69, 9.17) is 5.73 Å². The van der Waals surface area contributed by atoms with Crippen molar-refractivity contribution in [3.8, 4) is 0 Å². The third kappa shape index (κ3) is 5.75. The lowest BCUT2D eigenvalue weighted by atomic mass is 9.91. The summed E-state index contributed by atoms with van der Waals surface area (Å²) < 4.78 is 0.992. The second kappa shape index (κ2) is 9.63. The lowest BCUT2D eigenvalue weighted by molar-refractivity contribution is 0.0421. The largest absolute Gasteiger partial charge is 0.383 e. The molecule has 0 amide bonds. The quantitative estimate of drug-likeness (QED) is 0.381. The molecule has 6 heteroatoms. The van der Waals surface area contributed by atoms with Crippen molar-refractivity contribution in [1.82, 2.24) is 4.90 Å². The third-order valence-electron chi connectivity index (χ3n) is 3.56. The summed E-state index contributed by atoms with van der Waals surface area (Å²) in [4.78, 5) is 6.34. The van der Waals surface area contributed by atoms with Crippen LogP contribution in [0.1, 0.15) is 32.8 Å². The number of nitrogens with two attached hydrogens (primary N) is 1. The highest BCUT2D eigenvalue weighted by atomic mass is 127. The summed E-state index contributed by atoms with van der Waals surface area (Å²) in [5.74, 6) is 0.485. The van der Waals surface area contributed by atoms with Gasteiger partial charge in [0.2, 0.25) is 0 Å². The maximum absolute atomic E-state index is 10.8. The van der Waals surface area contributed by atoms with E-state index in [2.05, 4.69) is 20.9 Å². The molecule has 4 nitrogen and oxygen atoms in total. The molecule has 0 aliphatic heterocycles. The molecule has 1 unspecified atom stereocenters. The van der Waals surface area contributed by atoms with Crippen LogP contribution in [0.3, 0.4) is 0 Å². The molecule has 1 atom stereocenters. The predicted octanol–water partition coefficient (Wildman–Crippen LogP) is 3.32. The van der Waals surface area contributed by atoms with Crippen LogP contribution in [0.15, 0.2) is 33.7 Å². The zero-order valence-corrected chi connectivity index (χ0v) is 16.8. The van der Waals surface area contributed by atoms with Gasteiger partial charge in [-0.2, -0.15) is 0 Å². The Morgan fingerprint density at radius 1 is 1.24 bits per heavy atom. The lowest BCUT2D eigenvalue weighted by Crippen LogP contribution is -2.39. The number of aliphatic imine (C=N–C) groups is 1. The van der Waals surface area contributed by atoms with Gasteiger partial charge in [-0.05, 0) is 38.0 Å². The number of guanidine groups is 1. The molecule has 1 aromatic carbocycles. The smallest absolute Gasteiger partial charge is 0.191 e. The van der Waals surface area contributed by atoms with Crippen molar-refractivity contribution in [3.05, 3.63) is 34.3 Å². The van der Waals surface area contributed by atoms with Gasteiger partial charge in [0.25, 0.3) is 0 Å². The Morgan fingerprint density at radius 3 is 2.19 bits per heavy atom. The lowest BCUT2D eigenvalue weighted by Gasteiger charge is -2.27. The summed E-state index contributed by atoms with van der Waals surface area (Å²) in [5, 5.41) is 10.8. The molecule has 0 bridgehead atoms. The highest BCUT2D eigenvalue weighted by molar-refractivity contribution is 14.0. The highest BCUT2D eigenvalue weighted by Gasteiger charge is 2.27. The van der Waals surface area contributed by atoms with E-state index in [1.54, 1.807) is 0 Å². The molecule has 1 rings (SSSR count). The van der Waals surface area contributed by atoms with E-state index in [9.17, 15) is 5.11 Å². The van der Waals surface area contributed by atoms with E-state index in [1.165, 1.54) is 0 Å². The maximum Gasteiger partial charge on any atom is 0.191 e. The minimum Gasteiger partial charge on any atom is -0.383 e. The number of halogens is 2. The summed E-state index contributed by atoms with van der Waals surface area (Å²) in [5.41, 5.74) is 5.85. The minimum atomic E-state index is -0.974. The van der Waals surface area contributed by atoms with Crippen LogP contribution in [0.5, 0.6) is 0 Å². The molecule has 0 spiro atoms. The first kappa shape index (κ1) is 20.7. The molecule has 0 aliphatic rings. The van der Waals surface area contributed by atoms with Gasteiger partial charge in [-0.3, -0.25) is 0 Å². The Bertz CT molecular complexity index is 449. The van der Waals surface area contributed by atoms with Crippen molar-refractivity contribution in [2.45, 2.75) is 32.8 Å². The molecule has 120 valence electrons. The fourth-order valence-corrected chi connectivity index (χ4v) is 2.29. The molecule has 3 N–H and O–H groups in total. The number of hydrogen-bond donors (Lipinski definition) is 2. The van der Waals surface area contributed by atoms with E-state index in [-0.39, 0.29) is 30.5 Å². The van der Waals surface area contributed by atoms with E-state index >= 15 is 0 Å². The van der Waals surface area contributed by atoms with Crippen molar-refractivity contribution in [2.75, 3.05) is 19.6 Å². The van der Waals surface area contributed by atoms with Gasteiger partial charge in [-0.15, -0.1) is 24.0 Å². The first-order valence-corrected chi connectivity index (χ1v) is 7.79. The Labute approximate surface area is 153 Å². The van der Waals surface area contributed by atoms with Gasteiger partial charge < -0.3 is 15.7 Å². The topological polar surface area (TPSA) is 61.8 Å². The number of rotatable bonds is 6. The number of hydrogen-bond acceptors (Lipinski definition) is 2. The van der Waals surface area contributed by atoms with Gasteiger partial charge in [0, 0.05) is 17.6 Å². The van der Waals surface area contributed by atoms with E-state index in [0.717, 1.165) is 23.1 Å². The Hall–Kier alpha value is -0.340. The Kier molecular flexibility index (Phi) is 9.48. The standard InChI is InChI=1S/C15H24BrN3O.HI/c1-4-15(20,12-7-9-13(16)10-8-12)11-18-14(17)19(5-2)6-3;/h7-10,20H,4-6,11H2,1-3H3,(H2,17,18);1H. The van der Waals surface area contributed by atoms with Crippen LogP contribution in [0.4, 0.5) is 0 Å². The second-order valence-electron chi connectivity index (χ2n) is 4.74. The molecule has 0 saturated heterocycles. The molecule has 0 aliphatic carbocycles. The molecule has 1 aromatic rings. The average Bonchev–Trinajstić information content (AvgIpc) is 2.46. The van der Waals surface area contributed by atoms with Crippen molar-refractivity contribution in [2.24, 2.45) is 10.7 Å². The molecular formula is C15H25BrIN3O. The monoisotopic (exact) mass is 469 g/mol. The summed E-state index contributed by atoms with van der Waals surface area (Å²) >= 11 is 3.40. The summed E-state index contributed by atoms with van der Waals surface area (Å²) in [7, 11) is 0. The fourth-order valence-electron chi connectivity index (χ4n) is 2.03. The van der Waals surface area contributed by atoms with E-state index in [0.29, 0.717) is 12.4 Å². The molecule has 0 heterocycles. The first-order valence-electron chi connectivity index (χ1n) is 7.00. The van der Waals surface area contributed by atoms with Crippen LogP contribution in [0.2, 0.25) is 0 Å². The van der Waals surface area contributed by atoms with E-state index < -0.39 is 5.60 Å². The predicted molar refractivity (Wildman–Crippen MR) is 103 cm³/mol. The summed E-state index contributed by atoms with van der Waals surface area (Å²) in [6.45, 7) is 7.92. The molecule has 0 saturated carbocycles. The molecule has 0 aromatic heterocycles. The van der Waals surface area contributed by atoms with Crippen LogP contribution in [0, 0.1) is 0 Å². The summed E-state index contributed by atoms with van der Waals surface area (Å²) in [6, 6.07) is 7.67. The van der Waals surface area contributed by atoms with Gasteiger partial charge in [-0.25, -0.2) is 4.99 Å². The normalized spacial score (nSPS) is 14.2. The Morgan fingerprint density at radius 2 is 1.76 bits per heavy atom. The molecule has 21 heavy (non-hydrogen) atoms. The van der Waals surface area contributed by atoms with Crippen molar-refractivity contribution >= 4 is 45.9 Å². The van der Waals surface area contributed by atoms with Crippen LogP contribution >= 0.6 is 39.9 Å². The zero-order chi connectivity index (χ0) is 15.2. The fraction of sp³-hybridized carbons (Fsp3) is 0.533. The first-order chi connectivity index (χ1) is 9.46. The molecule has 0 radical (unpaired) electrons. The van der Waals surface area contributed by atoms with Crippen LogP contribution in [-0.4, -0.2) is 35.6 Å². The average molecular weight is 470 g/mol.